The van der Waals surface area contributed by atoms with Crippen LogP contribution >= 0.6 is 22.7 Å². The van der Waals surface area contributed by atoms with Crippen LogP contribution in [0.25, 0.3) is 32.5 Å². The van der Waals surface area contributed by atoms with Crippen LogP contribution in [0.4, 0.5) is 9.59 Å². The molecule has 0 bridgehead atoms. The van der Waals surface area contributed by atoms with Crippen LogP contribution in [-0.2, 0) is 32.2 Å². The summed E-state index contributed by atoms with van der Waals surface area (Å²) in [5.41, 5.74) is -0.798. The number of carbonyl (C=O) groups excluding carboxylic acids is 4. The molecular weight excluding hydrogens is 801 g/mol. The van der Waals surface area contributed by atoms with Gasteiger partial charge in [0.25, 0.3) is 11.8 Å². The molecule has 0 spiro atoms. The van der Waals surface area contributed by atoms with Crippen molar-refractivity contribution in [2.24, 2.45) is 0 Å². The van der Waals surface area contributed by atoms with Gasteiger partial charge in [0.2, 0.25) is 0 Å². The molecule has 0 fully saturated rings. The fourth-order valence-electron chi connectivity index (χ4n) is 7.09. The van der Waals surface area contributed by atoms with Crippen molar-refractivity contribution in [2.75, 3.05) is 0 Å². The number of unbranched alkanes of at least 4 members (excludes halogenated alkanes) is 10. The average molecular weight is 859 g/mol. The van der Waals surface area contributed by atoms with Crippen molar-refractivity contribution in [1.82, 2.24) is 39.8 Å². The zero-order chi connectivity index (χ0) is 43.2. The van der Waals surface area contributed by atoms with E-state index in [0.29, 0.717) is 21.1 Å². The van der Waals surface area contributed by atoms with Crippen LogP contribution in [0.3, 0.4) is 0 Å². The Morgan fingerprint density at radius 3 is 1.27 bits per heavy atom. The topological polar surface area (TPSA) is 155 Å². The zero-order valence-corrected chi connectivity index (χ0v) is 37.8. The number of aryl methyl sites for hydroxylation is 2. The number of ether oxygens (including phenoxy) is 2. The lowest BCUT2D eigenvalue weighted by atomic mass is 10.1. The summed E-state index contributed by atoms with van der Waals surface area (Å²) in [4.78, 5) is 61.7. The fourth-order valence-corrected chi connectivity index (χ4v) is 9.08. The predicted molar refractivity (Wildman–Crippen MR) is 233 cm³/mol. The van der Waals surface area contributed by atoms with Gasteiger partial charge < -0.3 is 9.47 Å². The second-order valence-electron chi connectivity index (χ2n) is 17.3. The van der Waals surface area contributed by atoms with E-state index in [9.17, 15) is 19.2 Å². The van der Waals surface area contributed by atoms with Crippen molar-refractivity contribution in [3.8, 4) is 21.1 Å². The van der Waals surface area contributed by atoms with Crippen molar-refractivity contribution in [1.29, 1.82) is 0 Å². The van der Waals surface area contributed by atoms with E-state index < -0.39 is 35.2 Å². The smallest absolute Gasteiger partial charge is 0.422 e. The molecule has 4 aromatic rings. The second kappa shape index (κ2) is 19.2. The van der Waals surface area contributed by atoms with Crippen molar-refractivity contribution in [2.45, 2.75) is 157 Å². The zero-order valence-electron chi connectivity index (χ0n) is 36.2. The Balaban J connectivity index is 1.38. The SMILES string of the molecule is CCCCCCCCn1cc(-c2ccc(C3=C4C(=O)N(C(=O)OC(C)(C)C)C(c5ccc(-c6cn(CCCCCCCC)nn6)s5)=C4C(=O)N3C(=O)OC(C)(C)C)s2)nn1. The summed E-state index contributed by atoms with van der Waals surface area (Å²) < 4.78 is 15.2. The van der Waals surface area contributed by atoms with E-state index in [0.717, 1.165) is 58.3 Å². The van der Waals surface area contributed by atoms with Gasteiger partial charge in [-0.25, -0.2) is 19.4 Å². The highest BCUT2D eigenvalue weighted by Crippen LogP contribution is 2.50. The molecule has 6 rings (SSSR count). The van der Waals surface area contributed by atoms with E-state index in [1.165, 1.54) is 74.0 Å². The standard InChI is InChI=1S/C44H58N8O6S2/c1-9-11-13-15-17-19-25-49-27-29(45-47-49)31-21-23-33(59-31)37-35-36(40(54)51(37)41(55)57-43(3,4)5)38(52(39(35)53)42(56)58-44(6,7)8)34-24-22-32(60-34)30-28-50(48-46-30)26-20-18-16-14-12-10-2/h21-24,27-28H,9-20,25-26H2,1-8H3. The molecule has 4 amide bonds. The van der Waals surface area contributed by atoms with Gasteiger partial charge in [0.1, 0.15) is 22.6 Å². The lowest BCUT2D eigenvalue weighted by molar-refractivity contribution is -0.123. The van der Waals surface area contributed by atoms with Gasteiger partial charge in [-0.1, -0.05) is 88.5 Å². The number of amides is 4. The molecule has 14 nitrogen and oxygen atoms in total. The first kappa shape index (κ1) is 44.6. The molecule has 0 saturated heterocycles. The van der Waals surface area contributed by atoms with Crippen molar-refractivity contribution >= 4 is 58.1 Å². The van der Waals surface area contributed by atoms with Crippen LogP contribution in [0.1, 0.15) is 142 Å². The molecule has 0 aromatic carbocycles. The number of carbonyl (C=O) groups is 4. The summed E-state index contributed by atoms with van der Waals surface area (Å²) in [7, 11) is 0. The van der Waals surface area contributed by atoms with Crippen molar-refractivity contribution < 1.29 is 28.7 Å². The van der Waals surface area contributed by atoms with E-state index in [-0.39, 0.29) is 22.5 Å². The third-order valence-electron chi connectivity index (χ3n) is 9.90. The van der Waals surface area contributed by atoms with E-state index in [1.807, 2.05) is 33.9 Å². The minimum absolute atomic E-state index is 0.0305. The largest absolute Gasteiger partial charge is 0.443 e. The second-order valence-corrected chi connectivity index (χ2v) is 19.5. The number of imide groups is 2. The lowest BCUT2D eigenvalue weighted by Gasteiger charge is -2.27. The Morgan fingerprint density at radius 2 is 0.900 bits per heavy atom. The maximum atomic E-state index is 14.8. The highest BCUT2D eigenvalue weighted by molar-refractivity contribution is 7.17. The van der Waals surface area contributed by atoms with Crippen molar-refractivity contribution in [3.05, 3.63) is 57.6 Å². The van der Waals surface area contributed by atoms with Gasteiger partial charge in [-0.05, 0) is 78.6 Å². The summed E-state index contributed by atoms with van der Waals surface area (Å²) >= 11 is 2.51. The van der Waals surface area contributed by atoms with Crippen LogP contribution < -0.4 is 0 Å². The number of rotatable bonds is 18. The molecular formula is C44H58N8O6S2. The monoisotopic (exact) mass is 858 g/mol. The van der Waals surface area contributed by atoms with Gasteiger partial charge in [-0.2, -0.15) is 0 Å². The van der Waals surface area contributed by atoms with E-state index in [2.05, 4.69) is 34.5 Å². The quantitative estimate of drug-likeness (QED) is 0.0883. The molecule has 16 heteroatoms. The average Bonchev–Trinajstić information content (AvgIpc) is 4.02. The molecule has 322 valence electrons. The van der Waals surface area contributed by atoms with E-state index >= 15 is 0 Å². The Hall–Kier alpha value is -4.96. The highest BCUT2D eigenvalue weighted by Gasteiger charge is 2.54. The molecule has 2 aliphatic heterocycles. The molecule has 0 atom stereocenters. The first-order valence-electron chi connectivity index (χ1n) is 21.3. The van der Waals surface area contributed by atoms with Gasteiger partial charge in [0.05, 0.1) is 54.4 Å². The molecule has 2 aliphatic rings. The Morgan fingerprint density at radius 1 is 0.550 bits per heavy atom. The molecule has 4 aromatic heterocycles. The first-order valence-corrected chi connectivity index (χ1v) is 22.9. The van der Waals surface area contributed by atoms with Crippen LogP contribution in [0.2, 0.25) is 0 Å². The van der Waals surface area contributed by atoms with Crippen LogP contribution in [0, 0.1) is 0 Å². The summed E-state index contributed by atoms with van der Waals surface area (Å²) in [6.45, 7) is 16.1. The van der Waals surface area contributed by atoms with Gasteiger partial charge in [0.15, 0.2) is 0 Å². The molecule has 0 aliphatic carbocycles. The van der Waals surface area contributed by atoms with Gasteiger partial charge in [-0.3, -0.25) is 19.0 Å². The number of aromatic nitrogens is 6. The number of thiophene rings is 2. The Labute approximate surface area is 360 Å². The summed E-state index contributed by atoms with van der Waals surface area (Å²) in [6, 6.07) is 7.12. The van der Waals surface area contributed by atoms with Crippen molar-refractivity contribution in [3.63, 3.8) is 0 Å². The van der Waals surface area contributed by atoms with E-state index in [4.69, 9.17) is 9.47 Å². The molecule has 0 radical (unpaired) electrons. The number of hydrogen-bond donors (Lipinski definition) is 0. The molecule has 0 N–H and O–H groups in total. The predicted octanol–water partition coefficient (Wildman–Crippen LogP) is 10.7. The first-order chi connectivity index (χ1) is 28.6. The summed E-state index contributed by atoms with van der Waals surface area (Å²) in [6.07, 6.45) is 15.8. The highest BCUT2D eigenvalue weighted by atomic mass is 32.1. The minimum Gasteiger partial charge on any atom is -0.443 e. The number of hydrogen-bond acceptors (Lipinski definition) is 12. The maximum absolute atomic E-state index is 14.8. The minimum atomic E-state index is -0.959. The number of fused-ring (bicyclic) bond motifs is 1. The van der Waals surface area contributed by atoms with Crippen LogP contribution in [0.5, 0.6) is 0 Å². The molecule has 0 unspecified atom stereocenters. The molecule has 60 heavy (non-hydrogen) atoms. The fraction of sp³-hybridized carbons (Fsp3) is 0.545. The summed E-state index contributed by atoms with van der Waals surface area (Å²) in [5.74, 6) is -1.58. The Bertz CT molecular complexity index is 2090. The van der Waals surface area contributed by atoms with Gasteiger partial charge in [0, 0.05) is 13.1 Å². The molecule has 0 saturated carbocycles. The van der Waals surface area contributed by atoms with Crippen LogP contribution in [0.15, 0.2) is 47.8 Å². The number of nitrogens with zero attached hydrogens (tertiary/aromatic N) is 8. The van der Waals surface area contributed by atoms with E-state index in [1.54, 1.807) is 53.7 Å². The third kappa shape index (κ3) is 10.5. The summed E-state index contributed by atoms with van der Waals surface area (Å²) in [5, 5.41) is 17.5. The van der Waals surface area contributed by atoms with Gasteiger partial charge >= 0.3 is 12.2 Å². The lowest BCUT2D eigenvalue weighted by Crippen LogP contribution is -2.40. The maximum Gasteiger partial charge on any atom is 0.422 e. The Kier molecular flexibility index (Phi) is 14.3. The third-order valence-corrected chi connectivity index (χ3v) is 12.1. The van der Waals surface area contributed by atoms with Crippen LogP contribution in [-0.4, -0.2) is 75.0 Å². The van der Waals surface area contributed by atoms with Gasteiger partial charge in [-0.15, -0.1) is 32.9 Å². The normalized spacial score (nSPS) is 14.6. The molecule has 6 heterocycles.